The molecule has 1 N–H and O–H groups in total. The fourth-order valence-corrected chi connectivity index (χ4v) is 4.30. The van der Waals surface area contributed by atoms with Crippen LogP contribution in [0.4, 0.5) is 0 Å². The van der Waals surface area contributed by atoms with Crippen molar-refractivity contribution in [3.8, 4) is 17.1 Å². The maximum absolute atomic E-state index is 12.2. The summed E-state index contributed by atoms with van der Waals surface area (Å²) in [5.41, 5.74) is 2.61. The van der Waals surface area contributed by atoms with E-state index in [0.29, 0.717) is 13.1 Å². The molecule has 2 aromatic heterocycles. The number of allylic oxidation sites excluding steroid dienone is 1. The Morgan fingerprint density at radius 1 is 1.13 bits per heavy atom. The number of hydrogen-bond donors (Lipinski definition) is 1. The topological polar surface area (TPSA) is 77.7 Å². The summed E-state index contributed by atoms with van der Waals surface area (Å²) in [5, 5.41) is 9.61. The monoisotopic (exact) mass is 421 g/mol. The molecule has 0 atom stereocenters. The van der Waals surface area contributed by atoms with E-state index in [2.05, 4.69) is 21.8 Å². The van der Waals surface area contributed by atoms with Gasteiger partial charge in [-0.25, -0.2) is 4.79 Å². The van der Waals surface area contributed by atoms with Crippen LogP contribution in [0, 0.1) is 0 Å². The molecule has 0 saturated heterocycles. The largest absolute Gasteiger partial charge is 0.496 e. The Bertz CT molecular complexity index is 1220. The van der Waals surface area contributed by atoms with Gasteiger partial charge in [-0.3, -0.25) is 9.13 Å². The molecule has 0 unspecified atom stereocenters. The van der Waals surface area contributed by atoms with E-state index in [1.807, 2.05) is 59.2 Å². The van der Waals surface area contributed by atoms with Crippen molar-refractivity contribution < 1.29 is 4.74 Å². The average Bonchev–Trinajstić information content (AvgIpc) is 3.31. The second kappa shape index (κ2) is 9.04. The molecule has 0 amide bonds. The zero-order valence-electron chi connectivity index (χ0n) is 16.7. The molecular weight excluding hydrogens is 398 g/mol. The highest BCUT2D eigenvalue weighted by Gasteiger charge is 2.16. The molecule has 2 heterocycles. The van der Waals surface area contributed by atoms with E-state index < -0.39 is 0 Å². The van der Waals surface area contributed by atoms with E-state index in [1.165, 1.54) is 0 Å². The Morgan fingerprint density at radius 3 is 2.77 bits per heavy atom. The first-order valence-electron chi connectivity index (χ1n) is 9.70. The smallest absolute Gasteiger partial charge is 0.326 e. The number of fused-ring (bicyclic) bond motifs is 1. The number of rotatable bonds is 9. The second-order valence-electron chi connectivity index (χ2n) is 6.71. The van der Waals surface area contributed by atoms with Gasteiger partial charge in [0.25, 0.3) is 0 Å². The first kappa shape index (κ1) is 20.0. The second-order valence-corrected chi connectivity index (χ2v) is 7.77. The van der Waals surface area contributed by atoms with Gasteiger partial charge in [-0.1, -0.05) is 42.1 Å². The minimum Gasteiger partial charge on any atom is -0.496 e. The Hall–Kier alpha value is -3.26. The number of methoxy groups -OCH3 is 1. The number of aromatic amines is 1. The van der Waals surface area contributed by atoms with Crippen LogP contribution < -0.4 is 10.4 Å². The molecule has 30 heavy (non-hydrogen) atoms. The van der Waals surface area contributed by atoms with Crippen molar-refractivity contribution in [2.24, 2.45) is 0 Å². The van der Waals surface area contributed by atoms with Gasteiger partial charge in [0.05, 0.1) is 23.7 Å². The van der Waals surface area contributed by atoms with Crippen molar-refractivity contribution in [1.29, 1.82) is 0 Å². The summed E-state index contributed by atoms with van der Waals surface area (Å²) in [6.45, 7) is 5.11. The third-order valence-corrected chi connectivity index (χ3v) is 5.87. The molecule has 0 aliphatic carbocycles. The molecule has 0 fully saturated rings. The van der Waals surface area contributed by atoms with Crippen molar-refractivity contribution in [1.82, 2.24) is 24.3 Å². The molecule has 0 aliphatic heterocycles. The first-order chi connectivity index (χ1) is 14.7. The van der Waals surface area contributed by atoms with Crippen LogP contribution in [0.1, 0.15) is 6.42 Å². The summed E-state index contributed by atoms with van der Waals surface area (Å²) in [7, 11) is 1.65. The van der Waals surface area contributed by atoms with Crippen molar-refractivity contribution in [2.75, 3.05) is 12.9 Å². The number of aromatic nitrogens is 5. The average molecular weight is 422 g/mol. The minimum atomic E-state index is -0.0746. The summed E-state index contributed by atoms with van der Waals surface area (Å²) < 4.78 is 9.30. The minimum absolute atomic E-state index is 0.0746. The number of H-pyrrole nitrogens is 1. The molecule has 154 valence electrons. The first-order valence-corrected chi connectivity index (χ1v) is 10.7. The standard InChI is InChI=1S/C22H23N5O2S/c1-3-13-27-20(16-9-4-7-12-19(16)29-2)24-25-22(27)30-15-8-14-26-18-11-6-5-10-17(18)23-21(26)28/h3-7,9-12H,1,8,13-15H2,2H3,(H,23,28). The molecule has 7 nitrogen and oxygen atoms in total. The van der Waals surface area contributed by atoms with E-state index in [1.54, 1.807) is 23.4 Å². The van der Waals surface area contributed by atoms with Gasteiger partial charge < -0.3 is 9.72 Å². The summed E-state index contributed by atoms with van der Waals surface area (Å²) in [5.74, 6) is 2.32. The van der Waals surface area contributed by atoms with E-state index in [9.17, 15) is 4.79 Å². The van der Waals surface area contributed by atoms with Crippen molar-refractivity contribution >= 4 is 22.8 Å². The van der Waals surface area contributed by atoms with Crippen molar-refractivity contribution in [3.63, 3.8) is 0 Å². The molecule has 0 bridgehead atoms. The molecule has 4 aromatic rings. The summed E-state index contributed by atoms with van der Waals surface area (Å²) in [4.78, 5) is 15.1. The SMILES string of the molecule is C=CCn1c(SCCCn2c(=O)[nH]c3ccccc32)nnc1-c1ccccc1OC. The quantitative estimate of drug-likeness (QED) is 0.251. The van der Waals surface area contributed by atoms with Gasteiger partial charge in [0, 0.05) is 18.8 Å². The number of nitrogens with zero attached hydrogens (tertiary/aromatic N) is 4. The van der Waals surface area contributed by atoms with Gasteiger partial charge in [-0.15, -0.1) is 16.8 Å². The molecule has 2 aromatic carbocycles. The molecule has 0 radical (unpaired) electrons. The maximum Gasteiger partial charge on any atom is 0.326 e. The van der Waals surface area contributed by atoms with Gasteiger partial charge in [0.15, 0.2) is 11.0 Å². The maximum atomic E-state index is 12.2. The van der Waals surface area contributed by atoms with Crippen LogP contribution >= 0.6 is 11.8 Å². The Labute approximate surface area is 178 Å². The number of thioether (sulfide) groups is 1. The summed E-state index contributed by atoms with van der Waals surface area (Å²) >= 11 is 1.62. The fourth-order valence-electron chi connectivity index (χ4n) is 3.43. The summed E-state index contributed by atoms with van der Waals surface area (Å²) in [6.07, 6.45) is 2.66. The molecule has 0 saturated carbocycles. The van der Waals surface area contributed by atoms with Crippen LogP contribution in [0.15, 0.2) is 71.1 Å². The number of imidazole rings is 1. The number of ether oxygens (including phenoxy) is 1. The molecule has 0 spiro atoms. The normalized spacial score (nSPS) is 11.1. The molecule has 4 rings (SSSR count). The Balaban J connectivity index is 1.48. The number of nitrogens with one attached hydrogen (secondary N) is 1. The highest BCUT2D eigenvalue weighted by Crippen LogP contribution is 2.31. The van der Waals surface area contributed by atoms with Crippen LogP contribution in [0.2, 0.25) is 0 Å². The number of benzene rings is 2. The summed E-state index contributed by atoms with van der Waals surface area (Å²) in [6, 6.07) is 15.5. The lowest BCUT2D eigenvalue weighted by atomic mass is 10.2. The van der Waals surface area contributed by atoms with Crippen LogP contribution in [0.3, 0.4) is 0 Å². The van der Waals surface area contributed by atoms with Gasteiger partial charge in [0.2, 0.25) is 0 Å². The van der Waals surface area contributed by atoms with Crippen molar-refractivity contribution in [3.05, 3.63) is 71.7 Å². The predicted molar refractivity (Wildman–Crippen MR) is 120 cm³/mol. The van der Waals surface area contributed by atoms with E-state index in [0.717, 1.165) is 45.5 Å². The third kappa shape index (κ3) is 3.91. The van der Waals surface area contributed by atoms with Crippen LogP contribution in [-0.2, 0) is 13.1 Å². The third-order valence-electron chi connectivity index (χ3n) is 4.82. The number of para-hydroxylation sites is 3. The molecule has 8 heteroatoms. The van der Waals surface area contributed by atoms with Crippen LogP contribution in [-0.4, -0.2) is 37.2 Å². The Morgan fingerprint density at radius 2 is 1.93 bits per heavy atom. The highest BCUT2D eigenvalue weighted by atomic mass is 32.2. The van der Waals surface area contributed by atoms with Crippen LogP contribution in [0.5, 0.6) is 5.75 Å². The van der Waals surface area contributed by atoms with Gasteiger partial charge in [0.1, 0.15) is 5.75 Å². The van der Waals surface area contributed by atoms with Gasteiger partial charge in [-0.2, -0.15) is 0 Å². The fraction of sp³-hybridized carbons (Fsp3) is 0.227. The lowest BCUT2D eigenvalue weighted by Gasteiger charge is -2.10. The molecule has 0 aliphatic rings. The van der Waals surface area contributed by atoms with Crippen molar-refractivity contribution in [2.45, 2.75) is 24.7 Å². The lowest BCUT2D eigenvalue weighted by Crippen LogP contribution is -2.17. The predicted octanol–water partition coefficient (Wildman–Crippen LogP) is 3.97. The van der Waals surface area contributed by atoms with E-state index in [4.69, 9.17) is 4.74 Å². The Kier molecular flexibility index (Phi) is 6.04. The molecular formula is C22H23N5O2S. The zero-order chi connectivity index (χ0) is 20.9. The number of aryl methyl sites for hydroxylation is 1. The highest BCUT2D eigenvalue weighted by molar-refractivity contribution is 7.99. The number of hydrogen-bond acceptors (Lipinski definition) is 5. The van der Waals surface area contributed by atoms with E-state index >= 15 is 0 Å². The van der Waals surface area contributed by atoms with E-state index in [-0.39, 0.29) is 5.69 Å². The zero-order valence-corrected chi connectivity index (χ0v) is 17.6. The van der Waals surface area contributed by atoms with Gasteiger partial charge in [-0.05, 0) is 30.7 Å². The van der Waals surface area contributed by atoms with Gasteiger partial charge >= 0.3 is 5.69 Å². The lowest BCUT2D eigenvalue weighted by molar-refractivity contribution is 0.416. The van der Waals surface area contributed by atoms with Crippen LogP contribution in [0.25, 0.3) is 22.4 Å².